The number of hydrogen-bond donors (Lipinski definition) is 0. The molecular weight excluding hydrogens is 354 g/mol. The molecule has 0 amide bonds. The third-order valence-corrected chi connectivity index (χ3v) is 6.20. The van der Waals surface area contributed by atoms with Crippen molar-refractivity contribution in [2.24, 2.45) is 14.1 Å². The predicted molar refractivity (Wildman–Crippen MR) is 113 cm³/mol. The van der Waals surface area contributed by atoms with Gasteiger partial charge in [-0.15, -0.1) is 0 Å². The summed E-state index contributed by atoms with van der Waals surface area (Å²) in [5.41, 5.74) is 0.529. The summed E-state index contributed by atoms with van der Waals surface area (Å²) in [6.07, 6.45) is 9.56. The molecule has 0 spiro atoms. The Morgan fingerprint density at radius 2 is 1.79 bits per heavy atom. The van der Waals surface area contributed by atoms with E-state index in [4.69, 9.17) is 4.98 Å². The maximum Gasteiger partial charge on any atom is 0.332 e. The van der Waals surface area contributed by atoms with E-state index >= 15 is 0 Å². The summed E-state index contributed by atoms with van der Waals surface area (Å²) in [6, 6.07) is 0.526. The third kappa shape index (κ3) is 4.09. The van der Waals surface area contributed by atoms with Crippen LogP contribution in [0.25, 0.3) is 11.2 Å². The van der Waals surface area contributed by atoms with Crippen molar-refractivity contribution >= 4 is 11.2 Å². The second kappa shape index (κ2) is 9.07. The first-order chi connectivity index (χ1) is 13.5. The zero-order valence-corrected chi connectivity index (χ0v) is 17.9. The van der Waals surface area contributed by atoms with Crippen molar-refractivity contribution in [3.05, 3.63) is 26.7 Å². The van der Waals surface area contributed by atoms with Gasteiger partial charge in [0.25, 0.3) is 5.56 Å². The quantitative estimate of drug-likeness (QED) is 0.651. The summed E-state index contributed by atoms with van der Waals surface area (Å²) in [6.45, 7) is 7.07. The zero-order valence-electron chi connectivity index (χ0n) is 17.9. The van der Waals surface area contributed by atoms with Crippen molar-refractivity contribution in [3.8, 4) is 0 Å². The van der Waals surface area contributed by atoms with E-state index in [9.17, 15) is 9.59 Å². The number of imidazole rings is 1. The minimum Gasteiger partial charge on any atom is -0.321 e. The van der Waals surface area contributed by atoms with Gasteiger partial charge in [0.1, 0.15) is 5.82 Å². The van der Waals surface area contributed by atoms with Crippen LogP contribution < -0.4 is 11.2 Å². The molecular formula is C21H35N5O2. The van der Waals surface area contributed by atoms with E-state index in [-0.39, 0.29) is 11.2 Å². The van der Waals surface area contributed by atoms with E-state index in [1.54, 1.807) is 14.1 Å². The van der Waals surface area contributed by atoms with Gasteiger partial charge < -0.3 is 4.57 Å². The van der Waals surface area contributed by atoms with Crippen molar-refractivity contribution < 1.29 is 0 Å². The molecule has 0 aliphatic carbocycles. The Morgan fingerprint density at radius 3 is 2.50 bits per heavy atom. The van der Waals surface area contributed by atoms with Gasteiger partial charge in [0, 0.05) is 26.7 Å². The van der Waals surface area contributed by atoms with E-state index in [1.165, 1.54) is 47.7 Å². The number of likely N-dealkylation sites (tertiary alicyclic amines) is 1. The molecule has 0 bridgehead atoms. The van der Waals surface area contributed by atoms with Crippen LogP contribution in [0.4, 0.5) is 0 Å². The lowest BCUT2D eigenvalue weighted by atomic mass is 10.0. The molecule has 1 aliphatic heterocycles. The molecule has 0 aromatic carbocycles. The SMILES string of the molecule is CCCCCCCn1c(CN2CCCCC2C)nc2c1c(=O)n(C)c(=O)n2C. The summed E-state index contributed by atoms with van der Waals surface area (Å²) < 4.78 is 4.79. The molecule has 0 radical (unpaired) electrons. The number of unbranched alkanes of at least 4 members (excludes halogenated alkanes) is 4. The molecule has 1 aliphatic rings. The molecule has 28 heavy (non-hydrogen) atoms. The van der Waals surface area contributed by atoms with Gasteiger partial charge in [0.2, 0.25) is 0 Å². The Bertz CT molecular complexity index is 923. The van der Waals surface area contributed by atoms with Crippen molar-refractivity contribution in [1.29, 1.82) is 0 Å². The third-order valence-electron chi connectivity index (χ3n) is 6.20. The summed E-state index contributed by atoms with van der Waals surface area (Å²) in [7, 11) is 3.26. The lowest BCUT2D eigenvalue weighted by Crippen LogP contribution is -2.38. The smallest absolute Gasteiger partial charge is 0.321 e. The minimum atomic E-state index is -0.317. The monoisotopic (exact) mass is 389 g/mol. The van der Waals surface area contributed by atoms with Crippen molar-refractivity contribution in [1.82, 2.24) is 23.6 Å². The van der Waals surface area contributed by atoms with Gasteiger partial charge >= 0.3 is 5.69 Å². The van der Waals surface area contributed by atoms with Crippen molar-refractivity contribution in [3.63, 3.8) is 0 Å². The Kier molecular flexibility index (Phi) is 6.75. The van der Waals surface area contributed by atoms with Crippen molar-refractivity contribution in [2.75, 3.05) is 6.54 Å². The molecule has 3 heterocycles. The van der Waals surface area contributed by atoms with Gasteiger partial charge in [-0.3, -0.25) is 18.8 Å². The summed E-state index contributed by atoms with van der Waals surface area (Å²) in [4.78, 5) is 32.5. The minimum absolute atomic E-state index is 0.239. The predicted octanol–water partition coefficient (Wildman–Crippen LogP) is 2.78. The molecule has 2 aromatic rings. The molecule has 1 atom stereocenters. The Morgan fingerprint density at radius 1 is 1.04 bits per heavy atom. The first-order valence-electron chi connectivity index (χ1n) is 10.8. The van der Waals surface area contributed by atoms with Gasteiger partial charge in [-0.1, -0.05) is 39.0 Å². The van der Waals surface area contributed by atoms with E-state index in [2.05, 4.69) is 23.3 Å². The number of aromatic nitrogens is 4. The highest BCUT2D eigenvalue weighted by Crippen LogP contribution is 2.21. The van der Waals surface area contributed by atoms with E-state index in [1.807, 2.05) is 0 Å². The molecule has 1 unspecified atom stereocenters. The molecule has 3 rings (SSSR count). The molecule has 1 fully saturated rings. The number of hydrogen-bond acceptors (Lipinski definition) is 4. The van der Waals surface area contributed by atoms with Crippen LogP contribution in [0, 0.1) is 0 Å². The fraction of sp³-hybridized carbons (Fsp3) is 0.762. The fourth-order valence-electron chi connectivity index (χ4n) is 4.30. The highest BCUT2D eigenvalue weighted by atomic mass is 16.2. The number of piperidine rings is 1. The van der Waals surface area contributed by atoms with Crippen LogP contribution in [-0.4, -0.2) is 36.2 Å². The van der Waals surface area contributed by atoms with E-state index < -0.39 is 0 Å². The number of nitrogens with zero attached hydrogens (tertiary/aromatic N) is 5. The van der Waals surface area contributed by atoms with Gasteiger partial charge in [0.15, 0.2) is 11.2 Å². The largest absolute Gasteiger partial charge is 0.332 e. The number of aryl methyl sites for hydroxylation is 2. The van der Waals surface area contributed by atoms with Crippen LogP contribution in [0.15, 0.2) is 9.59 Å². The molecule has 7 heteroatoms. The second-order valence-corrected chi connectivity index (χ2v) is 8.29. The summed E-state index contributed by atoms with van der Waals surface area (Å²) in [5.74, 6) is 0.914. The van der Waals surface area contributed by atoms with Crippen molar-refractivity contribution in [2.45, 2.75) is 84.3 Å². The van der Waals surface area contributed by atoms with Gasteiger partial charge in [0.05, 0.1) is 6.54 Å². The van der Waals surface area contributed by atoms with Crippen LogP contribution in [0.3, 0.4) is 0 Å². The molecule has 7 nitrogen and oxygen atoms in total. The van der Waals surface area contributed by atoms with Crippen LogP contribution in [0.2, 0.25) is 0 Å². The standard InChI is InChI=1S/C21H35N5O2/c1-5-6-7-8-10-14-26-17(15-25-13-11-9-12-16(25)2)22-19-18(26)20(27)24(4)21(28)23(19)3/h16H,5-15H2,1-4H3. The van der Waals surface area contributed by atoms with Crippen LogP contribution in [0.5, 0.6) is 0 Å². The normalized spacial score (nSPS) is 18.2. The molecule has 2 aromatic heterocycles. The Labute approximate surface area is 167 Å². The average molecular weight is 390 g/mol. The lowest BCUT2D eigenvalue weighted by Gasteiger charge is -2.33. The summed E-state index contributed by atoms with van der Waals surface area (Å²) in [5, 5.41) is 0. The zero-order chi connectivity index (χ0) is 20.3. The van der Waals surface area contributed by atoms with E-state index in [0.29, 0.717) is 17.2 Å². The maximum absolute atomic E-state index is 12.9. The van der Waals surface area contributed by atoms with Crippen LogP contribution in [-0.2, 0) is 27.2 Å². The number of rotatable bonds is 8. The highest BCUT2D eigenvalue weighted by Gasteiger charge is 2.23. The molecule has 0 N–H and O–H groups in total. The first-order valence-corrected chi connectivity index (χ1v) is 10.8. The lowest BCUT2D eigenvalue weighted by molar-refractivity contribution is 0.147. The highest BCUT2D eigenvalue weighted by molar-refractivity contribution is 5.71. The van der Waals surface area contributed by atoms with Gasteiger partial charge in [-0.05, 0) is 32.7 Å². The molecule has 0 saturated carbocycles. The number of fused-ring (bicyclic) bond motifs is 1. The fourth-order valence-corrected chi connectivity index (χ4v) is 4.30. The Hall–Kier alpha value is -1.89. The summed E-state index contributed by atoms with van der Waals surface area (Å²) >= 11 is 0. The average Bonchev–Trinajstić information content (AvgIpc) is 3.04. The molecule has 156 valence electrons. The topological polar surface area (TPSA) is 65.1 Å². The maximum atomic E-state index is 12.9. The molecule has 1 saturated heterocycles. The second-order valence-electron chi connectivity index (χ2n) is 8.29. The van der Waals surface area contributed by atoms with Crippen LogP contribution >= 0.6 is 0 Å². The van der Waals surface area contributed by atoms with Crippen LogP contribution in [0.1, 0.15) is 71.0 Å². The van der Waals surface area contributed by atoms with E-state index in [0.717, 1.165) is 38.3 Å². The van der Waals surface area contributed by atoms with Gasteiger partial charge in [-0.25, -0.2) is 9.78 Å². The van der Waals surface area contributed by atoms with Gasteiger partial charge in [-0.2, -0.15) is 0 Å². The first kappa shape index (κ1) is 20.8. The Balaban J connectivity index is 1.99.